The summed E-state index contributed by atoms with van der Waals surface area (Å²) in [6, 6.07) is 21.3. The van der Waals surface area contributed by atoms with Crippen molar-refractivity contribution in [1.82, 2.24) is 9.47 Å². The second kappa shape index (κ2) is 8.37. The Morgan fingerprint density at radius 1 is 0.871 bits per heavy atom. The van der Waals surface area contributed by atoms with Crippen LogP contribution in [0.1, 0.15) is 54.7 Å². The van der Waals surface area contributed by atoms with E-state index in [1.54, 1.807) is 0 Å². The molecule has 0 bridgehead atoms. The van der Waals surface area contributed by atoms with Gasteiger partial charge in [0.1, 0.15) is 0 Å². The quantitative estimate of drug-likeness (QED) is 0.507. The Kier molecular flexibility index (Phi) is 5.43. The first-order valence-corrected chi connectivity index (χ1v) is 11.8. The number of amides is 1. The maximum atomic E-state index is 13.1. The van der Waals surface area contributed by atoms with E-state index in [4.69, 9.17) is 0 Å². The number of rotatable bonds is 3. The zero-order valence-electron chi connectivity index (χ0n) is 18.7. The smallest absolute Gasteiger partial charge is 0.253 e. The van der Waals surface area contributed by atoms with E-state index in [0.717, 1.165) is 37.2 Å². The third-order valence-electron chi connectivity index (χ3n) is 6.90. The van der Waals surface area contributed by atoms with Gasteiger partial charge in [-0.25, -0.2) is 0 Å². The molecule has 3 aromatic rings. The molecule has 1 aliphatic carbocycles. The van der Waals surface area contributed by atoms with Crippen LogP contribution < -0.4 is 0 Å². The van der Waals surface area contributed by atoms with Gasteiger partial charge in [-0.3, -0.25) is 4.79 Å². The van der Waals surface area contributed by atoms with Crippen molar-refractivity contribution in [2.24, 2.45) is 11.8 Å². The van der Waals surface area contributed by atoms with Crippen molar-refractivity contribution in [3.8, 4) is 16.9 Å². The van der Waals surface area contributed by atoms with Crippen molar-refractivity contribution in [1.29, 1.82) is 0 Å². The number of benzene rings is 2. The largest absolute Gasteiger partial charge is 0.338 e. The molecule has 2 atom stereocenters. The number of aryl methyl sites for hydroxylation is 1. The van der Waals surface area contributed by atoms with Crippen LogP contribution in [0.2, 0.25) is 0 Å². The molecule has 160 valence electrons. The summed E-state index contributed by atoms with van der Waals surface area (Å²) in [5.41, 5.74) is 7.36. The van der Waals surface area contributed by atoms with E-state index in [0.29, 0.717) is 11.8 Å². The highest BCUT2D eigenvalue weighted by Gasteiger charge is 2.26. The summed E-state index contributed by atoms with van der Waals surface area (Å²) in [7, 11) is 0. The third-order valence-corrected chi connectivity index (χ3v) is 6.90. The van der Waals surface area contributed by atoms with Gasteiger partial charge in [0.05, 0.1) is 5.69 Å². The molecule has 2 heterocycles. The predicted molar refractivity (Wildman–Crippen MR) is 127 cm³/mol. The van der Waals surface area contributed by atoms with Crippen LogP contribution in [0.25, 0.3) is 16.9 Å². The highest BCUT2D eigenvalue weighted by atomic mass is 16.2. The minimum Gasteiger partial charge on any atom is -0.338 e. The molecule has 31 heavy (non-hydrogen) atoms. The Morgan fingerprint density at radius 3 is 2.26 bits per heavy atom. The van der Waals surface area contributed by atoms with Crippen LogP contribution in [-0.4, -0.2) is 28.5 Å². The normalized spacial score (nSPS) is 21.0. The fraction of sp³-hybridized carbons (Fsp3) is 0.393. The molecule has 3 heteroatoms. The van der Waals surface area contributed by atoms with Crippen LogP contribution in [0.5, 0.6) is 0 Å². The van der Waals surface area contributed by atoms with E-state index in [1.165, 1.54) is 41.8 Å². The van der Waals surface area contributed by atoms with Crippen molar-refractivity contribution in [2.75, 3.05) is 13.1 Å². The summed E-state index contributed by atoms with van der Waals surface area (Å²) >= 11 is 0. The van der Waals surface area contributed by atoms with E-state index >= 15 is 0 Å². The topological polar surface area (TPSA) is 25.2 Å². The molecule has 1 aromatic heterocycles. The molecule has 1 amide bonds. The Labute approximate surface area is 185 Å². The third kappa shape index (κ3) is 3.94. The van der Waals surface area contributed by atoms with Crippen LogP contribution in [-0.2, 0) is 12.8 Å². The molecule has 0 unspecified atom stereocenters. The summed E-state index contributed by atoms with van der Waals surface area (Å²) in [6.45, 7) is 6.24. The van der Waals surface area contributed by atoms with Crippen LogP contribution in [0, 0.1) is 11.8 Å². The van der Waals surface area contributed by atoms with Gasteiger partial charge in [-0.2, -0.15) is 0 Å². The molecule has 3 nitrogen and oxygen atoms in total. The summed E-state index contributed by atoms with van der Waals surface area (Å²) in [6.07, 6.45) is 6.00. The second-order valence-corrected chi connectivity index (χ2v) is 9.61. The van der Waals surface area contributed by atoms with Gasteiger partial charge in [0.25, 0.3) is 5.91 Å². The average molecular weight is 413 g/mol. The lowest BCUT2D eigenvalue weighted by atomic mass is 9.91. The van der Waals surface area contributed by atoms with E-state index in [1.807, 2.05) is 17.0 Å². The number of piperidine rings is 1. The van der Waals surface area contributed by atoms with Crippen molar-refractivity contribution >= 4 is 5.91 Å². The number of carbonyl (C=O) groups is 1. The van der Waals surface area contributed by atoms with Crippen LogP contribution >= 0.6 is 0 Å². The molecular formula is C28H32N2O. The van der Waals surface area contributed by atoms with E-state index in [9.17, 15) is 4.79 Å². The average Bonchev–Trinajstić information content (AvgIpc) is 3.18. The molecule has 0 N–H and O–H groups in total. The van der Waals surface area contributed by atoms with E-state index < -0.39 is 0 Å². The Balaban J connectivity index is 1.49. The number of hydrogen-bond acceptors (Lipinski definition) is 1. The summed E-state index contributed by atoms with van der Waals surface area (Å²) < 4.78 is 2.42. The number of carbonyl (C=O) groups excluding carboxylic acids is 1. The zero-order valence-corrected chi connectivity index (χ0v) is 18.7. The predicted octanol–water partition coefficient (Wildman–Crippen LogP) is 6.14. The highest BCUT2D eigenvalue weighted by Crippen LogP contribution is 2.34. The van der Waals surface area contributed by atoms with Gasteiger partial charge in [-0.05, 0) is 85.4 Å². The van der Waals surface area contributed by atoms with Gasteiger partial charge < -0.3 is 9.47 Å². The molecule has 0 saturated carbocycles. The number of likely N-dealkylation sites (tertiary alicyclic amines) is 1. The molecule has 1 saturated heterocycles. The van der Waals surface area contributed by atoms with Gasteiger partial charge in [0, 0.05) is 30.0 Å². The monoisotopic (exact) mass is 412 g/mol. The molecule has 2 aliphatic rings. The summed E-state index contributed by atoms with van der Waals surface area (Å²) in [5.74, 6) is 1.32. The number of fused-ring (bicyclic) bond motifs is 1. The molecular weight excluding hydrogens is 380 g/mol. The van der Waals surface area contributed by atoms with E-state index in [2.05, 4.69) is 66.9 Å². The number of aromatic nitrogens is 1. The second-order valence-electron chi connectivity index (χ2n) is 9.61. The zero-order chi connectivity index (χ0) is 21.4. The first-order valence-electron chi connectivity index (χ1n) is 11.8. The maximum absolute atomic E-state index is 13.1. The summed E-state index contributed by atoms with van der Waals surface area (Å²) in [5, 5.41) is 0. The molecule has 1 fully saturated rings. The molecule has 0 spiro atoms. The van der Waals surface area contributed by atoms with Crippen molar-refractivity contribution in [3.63, 3.8) is 0 Å². The number of hydrogen-bond donors (Lipinski definition) is 0. The Bertz CT molecular complexity index is 1050. The summed E-state index contributed by atoms with van der Waals surface area (Å²) in [4.78, 5) is 15.2. The molecule has 5 rings (SSSR count). The van der Waals surface area contributed by atoms with Crippen molar-refractivity contribution in [3.05, 3.63) is 77.5 Å². The highest BCUT2D eigenvalue weighted by molar-refractivity contribution is 5.94. The fourth-order valence-electron chi connectivity index (χ4n) is 5.58. The fourth-order valence-corrected chi connectivity index (χ4v) is 5.58. The van der Waals surface area contributed by atoms with Gasteiger partial charge in [0.15, 0.2) is 0 Å². The van der Waals surface area contributed by atoms with Crippen molar-refractivity contribution in [2.45, 2.75) is 46.0 Å². The molecule has 2 aromatic carbocycles. The first-order chi connectivity index (χ1) is 15.1. The number of nitrogens with zero attached hydrogens (tertiary/aromatic N) is 2. The lowest BCUT2D eigenvalue weighted by Gasteiger charge is -2.35. The van der Waals surface area contributed by atoms with Crippen molar-refractivity contribution < 1.29 is 4.79 Å². The van der Waals surface area contributed by atoms with Gasteiger partial charge >= 0.3 is 0 Å². The van der Waals surface area contributed by atoms with E-state index in [-0.39, 0.29) is 5.91 Å². The molecule has 0 radical (unpaired) electrons. The SMILES string of the molecule is C[C@@H]1C[C@@H](C)CN(C(=O)c2ccc(-n3c(-c4ccccc4)cc4c3CCCC4)cc2)C1. The maximum Gasteiger partial charge on any atom is 0.253 e. The Morgan fingerprint density at radius 2 is 1.55 bits per heavy atom. The van der Waals surface area contributed by atoms with Gasteiger partial charge in [0.2, 0.25) is 0 Å². The Hall–Kier alpha value is -2.81. The van der Waals surface area contributed by atoms with Crippen LogP contribution in [0.4, 0.5) is 0 Å². The van der Waals surface area contributed by atoms with Gasteiger partial charge in [-0.1, -0.05) is 44.2 Å². The lowest BCUT2D eigenvalue weighted by molar-refractivity contribution is 0.0623. The minimum atomic E-state index is 0.169. The lowest BCUT2D eigenvalue weighted by Crippen LogP contribution is -2.42. The van der Waals surface area contributed by atoms with Crippen LogP contribution in [0.3, 0.4) is 0 Å². The minimum absolute atomic E-state index is 0.169. The first kappa shape index (κ1) is 20.1. The van der Waals surface area contributed by atoms with Crippen LogP contribution in [0.15, 0.2) is 60.7 Å². The molecule has 1 aliphatic heterocycles. The van der Waals surface area contributed by atoms with Gasteiger partial charge in [-0.15, -0.1) is 0 Å². The standard InChI is InChI=1S/C28H32N2O/c1-20-16-21(2)19-29(18-20)28(31)23-12-14-25(15-13-23)30-26-11-7-6-10-24(26)17-27(30)22-8-4-3-5-9-22/h3-5,8-9,12-15,17,20-21H,6-7,10-11,16,18-19H2,1-2H3/t20-,21-/m1/s1.